The maximum atomic E-state index is 13.6. The van der Waals surface area contributed by atoms with Gasteiger partial charge < -0.3 is 9.47 Å². The third kappa shape index (κ3) is 2.55. The lowest BCUT2D eigenvalue weighted by Gasteiger charge is -2.54. The average molecular weight is 421 g/mol. The Morgan fingerprint density at radius 3 is 2.19 bits per heavy atom. The molecule has 4 heterocycles. The van der Waals surface area contributed by atoms with E-state index in [1.165, 1.54) is 14.1 Å². The molecule has 2 fully saturated rings. The summed E-state index contributed by atoms with van der Waals surface area (Å²) in [5, 5.41) is 0. The van der Waals surface area contributed by atoms with Crippen molar-refractivity contribution in [2.75, 3.05) is 25.5 Å². The molecule has 0 saturated carbocycles. The number of aryl methyl sites for hydroxylation is 2. The van der Waals surface area contributed by atoms with Crippen molar-refractivity contribution >= 4 is 23.5 Å². The molecule has 5 rings (SSSR count). The van der Waals surface area contributed by atoms with Crippen LogP contribution in [0, 0.1) is 19.3 Å². The van der Waals surface area contributed by atoms with E-state index >= 15 is 0 Å². The number of aromatic nitrogens is 1. The van der Waals surface area contributed by atoms with Gasteiger partial charge in [0.25, 0.3) is 0 Å². The third-order valence-corrected chi connectivity index (χ3v) is 7.39. The van der Waals surface area contributed by atoms with Gasteiger partial charge in [-0.2, -0.15) is 0 Å². The SMILES string of the molecule is Cc1ccc(C)n1-c1ccc2c(c1)CC1(C(=O)N(C)C(=O)N(C)C1=O)[C@H]1CCCCN21. The smallest absolute Gasteiger partial charge is 0.332 e. The largest absolute Gasteiger partial charge is 0.367 e. The fourth-order valence-electron chi connectivity index (χ4n) is 5.88. The van der Waals surface area contributed by atoms with Crippen LogP contribution in [0.15, 0.2) is 30.3 Å². The number of imide groups is 2. The van der Waals surface area contributed by atoms with Crippen LogP contribution in [0.4, 0.5) is 10.5 Å². The van der Waals surface area contributed by atoms with Gasteiger partial charge in [0.05, 0.1) is 6.04 Å². The van der Waals surface area contributed by atoms with E-state index in [0.29, 0.717) is 6.42 Å². The Bertz CT molecular complexity index is 1070. The molecule has 3 aliphatic rings. The summed E-state index contributed by atoms with van der Waals surface area (Å²) in [5.41, 5.74) is 4.12. The molecule has 1 aromatic carbocycles. The number of carbonyl (C=O) groups excluding carboxylic acids is 3. The van der Waals surface area contributed by atoms with Crippen LogP contribution in [0.3, 0.4) is 0 Å². The molecule has 0 unspecified atom stereocenters. The van der Waals surface area contributed by atoms with E-state index in [0.717, 1.165) is 63.9 Å². The van der Waals surface area contributed by atoms with Crippen molar-refractivity contribution in [1.29, 1.82) is 0 Å². The van der Waals surface area contributed by atoms with Crippen LogP contribution in [0.2, 0.25) is 0 Å². The maximum Gasteiger partial charge on any atom is 0.332 e. The van der Waals surface area contributed by atoms with Crippen LogP contribution < -0.4 is 4.90 Å². The summed E-state index contributed by atoms with van der Waals surface area (Å²) in [4.78, 5) is 44.1. The van der Waals surface area contributed by atoms with Crippen LogP contribution in [-0.2, 0) is 16.0 Å². The van der Waals surface area contributed by atoms with E-state index in [1.807, 2.05) is 0 Å². The molecular weight excluding hydrogens is 392 g/mol. The number of barbiturate groups is 1. The number of urea groups is 1. The maximum absolute atomic E-state index is 13.6. The first kappa shape index (κ1) is 19.8. The van der Waals surface area contributed by atoms with E-state index in [9.17, 15) is 14.4 Å². The first-order valence-electron chi connectivity index (χ1n) is 10.9. The Morgan fingerprint density at radius 1 is 0.903 bits per heavy atom. The number of hydrogen-bond donors (Lipinski definition) is 0. The van der Waals surface area contributed by atoms with Gasteiger partial charge >= 0.3 is 6.03 Å². The van der Waals surface area contributed by atoms with Crippen molar-refractivity contribution in [3.05, 3.63) is 47.3 Å². The summed E-state index contributed by atoms with van der Waals surface area (Å²) in [5.74, 6) is -0.747. The molecule has 7 heteroatoms. The van der Waals surface area contributed by atoms with E-state index in [2.05, 4.69) is 53.6 Å². The predicted octanol–water partition coefficient (Wildman–Crippen LogP) is 3.05. The van der Waals surface area contributed by atoms with Crippen LogP contribution in [-0.4, -0.2) is 58.9 Å². The third-order valence-electron chi connectivity index (χ3n) is 7.39. The average Bonchev–Trinajstić information content (AvgIpc) is 3.12. The Labute approximate surface area is 182 Å². The van der Waals surface area contributed by atoms with Gasteiger partial charge in [0.2, 0.25) is 11.8 Å². The zero-order chi connectivity index (χ0) is 22.1. The van der Waals surface area contributed by atoms with E-state index in [1.54, 1.807) is 0 Å². The Kier molecular flexibility index (Phi) is 4.29. The number of fused-ring (bicyclic) bond motifs is 4. The zero-order valence-corrected chi connectivity index (χ0v) is 18.5. The van der Waals surface area contributed by atoms with Gasteiger partial charge in [0.15, 0.2) is 5.41 Å². The normalized spacial score (nSPS) is 22.8. The molecule has 7 nitrogen and oxygen atoms in total. The Balaban J connectivity index is 1.69. The topological polar surface area (TPSA) is 65.9 Å². The highest BCUT2D eigenvalue weighted by atomic mass is 16.2. The molecule has 0 bridgehead atoms. The second-order valence-electron chi connectivity index (χ2n) is 9.13. The van der Waals surface area contributed by atoms with E-state index in [4.69, 9.17) is 0 Å². The quantitative estimate of drug-likeness (QED) is 0.665. The number of hydrogen-bond acceptors (Lipinski definition) is 4. The second kappa shape index (κ2) is 6.70. The summed E-state index contributed by atoms with van der Waals surface area (Å²) in [6.07, 6.45) is 3.08. The highest BCUT2D eigenvalue weighted by molar-refractivity contribution is 6.20. The fraction of sp³-hybridized carbons (Fsp3) is 0.458. The predicted molar refractivity (Wildman–Crippen MR) is 117 cm³/mol. The van der Waals surface area contributed by atoms with E-state index < -0.39 is 11.4 Å². The minimum atomic E-state index is -1.26. The minimum absolute atomic E-state index is 0.229. The van der Waals surface area contributed by atoms with Crippen molar-refractivity contribution in [3.63, 3.8) is 0 Å². The van der Waals surface area contributed by atoms with Gasteiger partial charge in [-0.3, -0.25) is 19.4 Å². The first-order valence-corrected chi connectivity index (χ1v) is 10.9. The van der Waals surface area contributed by atoms with Crippen molar-refractivity contribution in [1.82, 2.24) is 14.4 Å². The lowest BCUT2D eigenvalue weighted by atomic mass is 9.66. The van der Waals surface area contributed by atoms with Crippen molar-refractivity contribution in [2.45, 2.75) is 45.6 Å². The molecule has 0 radical (unpaired) electrons. The van der Waals surface area contributed by atoms with Crippen LogP contribution >= 0.6 is 0 Å². The molecule has 1 aromatic heterocycles. The van der Waals surface area contributed by atoms with Crippen LogP contribution in [0.25, 0.3) is 5.69 Å². The number of piperidine rings is 1. The van der Waals surface area contributed by atoms with Crippen molar-refractivity contribution in [3.8, 4) is 5.69 Å². The summed E-state index contributed by atoms with van der Waals surface area (Å²) < 4.78 is 2.18. The lowest BCUT2D eigenvalue weighted by Crippen LogP contribution is -2.72. The molecule has 3 aliphatic heterocycles. The standard InChI is InChI=1S/C24H28N4O3/c1-15-8-9-16(2)28(15)18-10-11-19-17(13-18)14-24(20-7-5-6-12-27(19)20)21(29)25(3)23(31)26(4)22(24)30/h8-11,13,20H,5-7,12,14H2,1-4H3/t20-/m1/s1. The van der Waals surface area contributed by atoms with Gasteiger partial charge in [-0.1, -0.05) is 0 Å². The number of nitrogens with zero attached hydrogens (tertiary/aromatic N) is 4. The molecule has 2 aromatic rings. The van der Waals surface area contributed by atoms with Gasteiger partial charge in [-0.15, -0.1) is 0 Å². The molecular formula is C24H28N4O3. The highest BCUT2D eigenvalue weighted by Crippen LogP contribution is 2.49. The molecule has 0 aliphatic carbocycles. The molecule has 1 atom stereocenters. The summed E-state index contributed by atoms with van der Waals surface area (Å²) in [6, 6.07) is 9.74. The number of amides is 4. The Morgan fingerprint density at radius 2 is 1.55 bits per heavy atom. The lowest BCUT2D eigenvalue weighted by molar-refractivity contribution is -0.159. The number of carbonyl (C=O) groups is 3. The highest BCUT2D eigenvalue weighted by Gasteiger charge is 2.63. The first-order chi connectivity index (χ1) is 14.8. The Hall–Kier alpha value is -3.09. The number of rotatable bonds is 1. The number of benzene rings is 1. The summed E-state index contributed by atoms with van der Waals surface area (Å²) in [7, 11) is 2.97. The summed E-state index contributed by atoms with van der Waals surface area (Å²) in [6.45, 7) is 4.94. The fourth-order valence-corrected chi connectivity index (χ4v) is 5.88. The zero-order valence-electron chi connectivity index (χ0n) is 18.5. The number of anilines is 1. The molecule has 4 amide bonds. The molecule has 0 N–H and O–H groups in total. The van der Waals surface area contributed by atoms with Gasteiger partial charge in [0.1, 0.15) is 0 Å². The van der Waals surface area contributed by atoms with Crippen LogP contribution in [0.1, 0.15) is 36.2 Å². The second-order valence-corrected chi connectivity index (χ2v) is 9.13. The summed E-state index contributed by atoms with van der Waals surface area (Å²) >= 11 is 0. The van der Waals surface area contributed by atoms with Gasteiger partial charge in [-0.05, 0) is 75.4 Å². The molecule has 2 saturated heterocycles. The monoisotopic (exact) mass is 420 g/mol. The van der Waals surface area contributed by atoms with Gasteiger partial charge in [0, 0.05) is 43.4 Å². The van der Waals surface area contributed by atoms with Gasteiger partial charge in [-0.25, -0.2) is 4.79 Å². The molecule has 162 valence electrons. The minimum Gasteiger partial charge on any atom is -0.367 e. The molecule has 31 heavy (non-hydrogen) atoms. The molecule has 1 spiro atoms. The van der Waals surface area contributed by atoms with E-state index in [-0.39, 0.29) is 17.9 Å². The van der Waals surface area contributed by atoms with Crippen LogP contribution in [0.5, 0.6) is 0 Å². The van der Waals surface area contributed by atoms with Crippen molar-refractivity contribution in [2.24, 2.45) is 5.41 Å². The van der Waals surface area contributed by atoms with Crippen molar-refractivity contribution < 1.29 is 14.4 Å².